The van der Waals surface area contributed by atoms with Crippen molar-refractivity contribution in [3.8, 4) is 5.75 Å². The highest BCUT2D eigenvalue weighted by Crippen LogP contribution is 2.19. The number of ether oxygens (including phenoxy) is 2. The van der Waals surface area contributed by atoms with Crippen LogP contribution in [0, 0.1) is 3.57 Å². The molecule has 0 aliphatic rings. The van der Waals surface area contributed by atoms with Crippen LogP contribution in [0.2, 0.25) is 0 Å². The van der Waals surface area contributed by atoms with Gasteiger partial charge in [-0.05, 0) is 47.6 Å². The Kier molecular flexibility index (Phi) is 7.00. The molecule has 0 N–H and O–H groups in total. The van der Waals surface area contributed by atoms with Crippen molar-refractivity contribution in [2.45, 2.75) is 26.2 Å². The first kappa shape index (κ1) is 14.3. The molecule has 0 aliphatic heterocycles. The molecule has 0 amide bonds. The highest BCUT2D eigenvalue weighted by molar-refractivity contribution is 14.1. The van der Waals surface area contributed by atoms with E-state index in [1.54, 1.807) is 0 Å². The zero-order chi connectivity index (χ0) is 12.5. The highest BCUT2D eigenvalue weighted by Gasteiger charge is 2.03. The van der Waals surface area contributed by atoms with E-state index in [4.69, 9.17) is 9.47 Å². The first-order chi connectivity index (χ1) is 8.24. The number of benzene rings is 1. The molecule has 0 spiro atoms. The van der Waals surface area contributed by atoms with Gasteiger partial charge in [-0.1, -0.05) is 19.1 Å². The molecule has 94 valence electrons. The molecule has 0 radical (unpaired) electrons. The third kappa shape index (κ3) is 5.91. The lowest BCUT2D eigenvalue weighted by atomic mass is 10.3. The van der Waals surface area contributed by atoms with E-state index < -0.39 is 0 Å². The maximum absolute atomic E-state index is 11.2. The first-order valence-corrected chi connectivity index (χ1v) is 6.85. The number of esters is 1. The number of para-hydroxylation sites is 1. The second kappa shape index (κ2) is 8.33. The van der Waals surface area contributed by atoms with E-state index >= 15 is 0 Å². The minimum atomic E-state index is -0.141. The average molecular weight is 348 g/mol. The van der Waals surface area contributed by atoms with Crippen molar-refractivity contribution in [1.29, 1.82) is 0 Å². The van der Waals surface area contributed by atoms with Gasteiger partial charge in [0.1, 0.15) is 5.75 Å². The molecule has 0 heterocycles. The Hall–Kier alpha value is -0.780. The Morgan fingerprint density at radius 3 is 2.76 bits per heavy atom. The van der Waals surface area contributed by atoms with Crippen LogP contribution in [0.15, 0.2) is 24.3 Å². The molecule has 0 unspecified atom stereocenters. The van der Waals surface area contributed by atoms with Crippen LogP contribution in [0.4, 0.5) is 0 Å². The first-order valence-electron chi connectivity index (χ1n) is 5.77. The zero-order valence-electron chi connectivity index (χ0n) is 9.95. The maximum Gasteiger partial charge on any atom is 0.305 e. The number of carbonyl (C=O) groups excluding carboxylic acids is 1. The Morgan fingerprint density at radius 1 is 1.29 bits per heavy atom. The van der Waals surface area contributed by atoms with Crippen LogP contribution >= 0.6 is 22.6 Å². The molecule has 0 bridgehead atoms. The molecule has 1 rings (SSSR count). The minimum Gasteiger partial charge on any atom is -0.492 e. The van der Waals surface area contributed by atoms with E-state index in [1.807, 2.05) is 31.2 Å². The topological polar surface area (TPSA) is 35.5 Å². The summed E-state index contributed by atoms with van der Waals surface area (Å²) >= 11 is 2.23. The normalized spacial score (nSPS) is 10.0. The third-order valence-corrected chi connectivity index (χ3v) is 2.98. The van der Waals surface area contributed by atoms with Gasteiger partial charge in [-0.15, -0.1) is 0 Å². The SMILES string of the molecule is CCCOC(=O)CCCOc1ccccc1I. The van der Waals surface area contributed by atoms with Gasteiger partial charge in [-0.25, -0.2) is 0 Å². The summed E-state index contributed by atoms with van der Waals surface area (Å²) < 4.78 is 11.6. The molecule has 0 atom stereocenters. The minimum absolute atomic E-state index is 0.141. The quantitative estimate of drug-likeness (QED) is 0.430. The van der Waals surface area contributed by atoms with Crippen LogP contribution in [0.5, 0.6) is 5.75 Å². The lowest BCUT2D eigenvalue weighted by Crippen LogP contribution is -2.07. The number of halogens is 1. The van der Waals surface area contributed by atoms with Crippen LogP contribution < -0.4 is 4.74 Å². The van der Waals surface area contributed by atoms with Crippen molar-refractivity contribution in [2.75, 3.05) is 13.2 Å². The molecule has 0 saturated heterocycles. The van der Waals surface area contributed by atoms with Gasteiger partial charge in [0.2, 0.25) is 0 Å². The Bertz CT molecular complexity index is 352. The molecular weight excluding hydrogens is 331 g/mol. The Morgan fingerprint density at radius 2 is 2.06 bits per heavy atom. The smallest absolute Gasteiger partial charge is 0.305 e. The van der Waals surface area contributed by atoms with Crippen LogP contribution in [0.1, 0.15) is 26.2 Å². The highest BCUT2D eigenvalue weighted by atomic mass is 127. The van der Waals surface area contributed by atoms with Gasteiger partial charge in [-0.3, -0.25) is 4.79 Å². The van der Waals surface area contributed by atoms with Crippen LogP contribution in [-0.2, 0) is 9.53 Å². The molecule has 0 aliphatic carbocycles. The summed E-state index contributed by atoms with van der Waals surface area (Å²) in [5.41, 5.74) is 0. The van der Waals surface area contributed by atoms with Crippen molar-refractivity contribution in [3.63, 3.8) is 0 Å². The van der Waals surface area contributed by atoms with E-state index in [1.165, 1.54) is 0 Å². The summed E-state index contributed by atoms with van der Waals surface area (Å²) in [7, 11) is 0. The van der Waals surface area contributed by atoms with E-state index in [0.29, 0.717) is 26.1 Å². The molecule has 1 aromatic carbocycles. The third-order valence-electron chi connectivity index (χ3n) is 2.09. The largest absolute Gasteiger partial charge is 0.492 e. The fourth-order valence-corrected chi connectivity index (χ4v) is 1.79. The van der Waals surface area contributed by atoms with Crippen LogP contribution in [0.3, 0.4) is 0 Å². The Balaban J connectivity index is 2.16. The van der Waals surface area contributed by atoms with Gasteiger partial charge in [0.05, 0.1) is 16.8 Å². The molecule has 0 fully saturated rings. The maximum atomic E-state index is 11.2. The van der Waals surface area contributed by atoms with Crippen LogP contribution in [0.25, 0.3) is 0 Å². The van der Waals surface area contributed by atoms with Crippen molar-refractivity contribution in [1.82, 2.24) is 0 Å². The second-order valence-electron chi connectivity index (χ2n) is 3.60. The van der Waals surface area contributed by atoms with Crippen molar-refractivity contribution >= 4 is 28.6 Å². The Labute approximate surface area is 116 Å². The standard InChI is InChI=1S/C13H17IO3/c1-2-9-17-13(15)8-5-10-16-12-7-4-3-6-11(12)14/h3-4,6-7H,2,5,8-10H2,1H3. The van der Waals surface area contributed by atoms with Crippen LogP contribution in [-0.4, -0.2) is 19.2 Å². The summed E-state index contributed by atoms with van der Waals surface area (Å²) in [5.74, 6) is 0.730. The summed E-state index contributed by atoms with van der Waals surface area (Å²) in [6, 6.07) is 7.83. The van der Waals surface area contributed by atoms with Gasteiger partial charge in [0.15, 0.2) is 0 Å². The van der Waals surface area contributed by atoms with Gasteiger partial charge in [0, 0.05) is 6.42 Å². The van der Waals surface area contributed by atoms with Gasteiger partial charge in [0.25, 0.3) is 0 Å². The predicted octanol–water partition coefficient (Wildman–Crippen LogP) is 3.40. The van der Waals surface area contributed by atoms with Gasteiger partial charge in [-0.2, -0.15) is 0 Å². The molecule has 0 saturated carbocycles. The number of hydrogen-bond acceptors (Lipinski definition) is 3. The number of carbonyl (C=O) groups is 1. The monoisotopic (exact) mass is 348 g/mol. The molecule has 0 aromatic heterocycles. The fraction of sp³-hybridized carbons (Fsp3) is 0.462. The van der Waals surface area contributed by atoms with Crippen molar-refractivity contribution < 1.29 is 14.3 Å². The fourth-order valence-electron chi connectivity index (χ4n) is 1.25. The van der Waals surface area contributed by atoms with E-state index in [0.717, 1.165) is 15.7 Å². The molecule has 3 nitrogen and oxygen atoms in total. The summed E-state index contributed by atoms with van der Waals surface area (Å²) in [5, 5.41) is 0. The lowest BCUT2D eigenvalue weighted by Gasteiger charge is -2.07. The molecule has 1 aromatic rings. The molecular formula is C13H17IO3. The van der Waals surface area contributed by atoms with Crippen molar-refractivity contribution in [2.24, 2.45) is 0 Å². The lowest BCUT2D eigenvalue weighted by molar-refractivity contribution is -0.143. The summed E-state index contributed by atoms with van der Waals surface area (Å²) in [6.45, 7) is 3.03. The van der Waals surface area contributed by atoms with Gasteiger partial charge >= 0.3 is 5.97 Å². The van der Waals surface area contributed by atoms with E-state index in [9.17, 15) is 4.79 Å². The van der Waals surface area contributed by atoms with Gasteiger partial charge < -0.3 is 9.47 Å². The van der Waals surface area contributed by atoms with E-state index in [2.05, 4.69) is 22.6 Å². The molecule has 17 heavy (non-hydrogen) atoms. The number of rotatable bonds is 7. The van der Waals surface area contributed by atoms with E-state index in [-0.39, 0.29) is 5.97 Å². The zero-order valence-corrected chi connectivity index (χ0v) is 12.1. The summed E-state index contributed by atoms with van der Waals surface area (Å²) in [6.07, 6.45) is 1.97. The predicted molar refractivity (Wildman–Crippen MR) is 75.1 cm³/mol. The average Bonchev–Trinajstić information content (AvgIpc) is 2.34. The number of hydrogen-bond donors (Lipinski definition) is 0. The summed E-state index contributed by atoms with van der Waals surface area (Å²) in [4.78, 5) is 11.2. The van der Waals surface area contributed by atoms with Crippen molar-refractivity contribution in [3.05, 3.63) is 27.8 Å². The molecule has 4 heteroatoms. The second-order valence-corrected chi connectivity index (χ2v) is 4.77.